The number of halogens is 1. The number of hydrogen-bond donors (Lipinski definition) is 1. The predicted octanol–water partition coefficient (Wildman–Crippen LogP) is 4.76. The Morgan fingerprint density at radius 3 is 2.47 bits per heavy atom. The summed E-state index contributed by atoms with van der Waals surface area (Å²) < 4.78 is 1.25. The zero-order valence-corrected chi connectivity index (χ0v) is 12.8. The van der Waals surface area contributed by atoms with Gasteiger partial charge in [-0.05, 0) is 47.3 Å². The average molecular weight is 316 g/mol. The Morgan fingerprint density at radius 1 is 1.12 bits per heavy atom. The van der Waals surface area contributed by atoms with Crippen LogP contribution in [-0.4, -0.2) is 12.6 Å². The molecule has 1 heterocycles. The molecule has 0 bridgehead atoms. The molecular weight excluding hydrogens is 294 g/mol. The van der Waals surface area contributed by atoms with Crippen LogP contribution in [0.15, 0.2) is 15.9 Å². The van der Waals surface area contributed by atoms with Crippen molar-refractivity contribution < 1.29 is 0 Å². The second kappa shape index (κ2) is 7.55. The summed E-state index contributed by atoms with van der Waals surface area (Å²) in [6.45, 7) is 1.14. The van der Waals surface area contributed by atoms with E-state index in [4.69, 9.17) is 0 Å². The lowest BCUT2D eigenvalue weighted by molar-refractivity contribution is 0.392. The standard InChI is InChI=1S/C14H22BrNS/c15-14-9-8-13(17-14)10-11-16-12-6-4-2-1-3-5-7-12/h8-9,12,16H,1-7,10-11H2. The molecule has 1 aliphatic carbocycles. The van der Waals surface area contributed by atoms with E-state index in [1.807, 2.05) is 11.3 Å². The van der Waals surface area contributed by atoms with Crippen LogP contribution >= 0.6 is 27.3 Å². The van der Waals surface area contributed by atoms with Crippen LogP contribution in [0, 0.1) is 0 Å². The van der Waals surface area contributed by atoms with Crippen LogP contribution in [0.2, 0.25) is 0 Å². The molecule has 0 atom stereocenters. The van der Waals surface area contributed by atoms with Crippen molar-refractivity contribution in [3.63, 3.8) is 0 Å². The van der Waals surface area contributed by atoms with Crippen LogP contribution in [-0.2, 0) is 6.42 Å². The van der Waals surface area contributed by atoms with Crippen LogP contribution < -0.4 is 5.32 Å². The zero-order valence-electron chi connectivity index (χ0n) is 10.4. The van der Waals surface area contributed by atoms with Gasteiger partial charge >= 0.3 is 0 Å². The first-order chi connectivity index (χ1) is 8.34. The van der Waals surface area contributed by atoms with Crippen LogP contribution in [0.1, 0.15) is 49.8 Å². The van der Waals surface area contributed by atoms with Gasteiger partial charge in [-0.2, -0.15) is 0 Å². The van der Waals surface area contributed by atoms with Crippen LogP contribution in [0.4, 0.5) is 0 Å². The lowest BCUT2D eigenvalue weighted by Crippen LogP contribution is -2.31. The Morgan fingerprint density at radius 2 is 1.82 bits per heavy atom. The molecule has 17 heavy (non-hydrogen) atoms. The molecule has 0 unspecified atom stereocenters. The van der Waals surface area contributed by atoms with Crippen LogP contribution in [0.5, 0.6) is 0 Å². The molecule has 1 N–H and O–H groups in total. The maximum absolute atomic E-state index is 3.74. The van der Waals surface area contributed by atoms with E-state index in [0.29, 0.717) is 0 Å². The Bertz CT molecular complexity index is 316. The van der Waals surface area contributed by atoms with Gasteiger partial charge in [0, 0.05) is 17.5 Å². The molecule has 0 radical (unpaired) electrons. The molecule has 0 spiro atoms. The Labute approximate surface area is 117 Å². The lowest BCUT2D eigenvalue weighted by Gasteiger charge is -2.20. The van der Waals surface area contributed by atoms with Gasteiger partial charge in [0.05, 0.1) is 3.79 Å². The van der Waals surface area contributed by atoms with Crippen molar-refractivity contribution in [2.75, 3.05) is 6.54 Å². The minimum absolute atomic E-state index is 0.777. The summed E-state index contributed by atoms with van der Waals surface area (Å²) in [6.07, 6.45) is 11.1. The molecule has 1 aliphatic rings. The summed E-state index contributed by atoms with van der Waals surface area (Å²) in [4.78, 5) is 1.48. The van der Waals surface area contributed by atoms with Crippen molar-refractivity contribution in [1.29, 1.82) is 0 Å². The van der Waals surface area contributed by atoms with E-state index in [0.717, 1.165) is 12.6 Å². The van der Waals surface area contributed by atoms with Gasteiger partial charge in [-0.25, -0.2) is 0 Å². The van der Waals surface area contributed by atoms with Crippen LogP contribution in [0.3, 0.4) is 0 Å². The molecule has 0 saturated heterocycles. The van der Waals surface area contributed by atoms with Gasteiger partial charge in [0.1, 0.15) is 0 Å². The average Bonchev–Trinajstić information content (AvgIpc) is 2.67. The molecule has 1 aromatic rings. The van der Waals surface area contributed by atoms with E-state index in [9.17, 15) is 0 Å². The number of thiophene rings is 1. The molecule has 0 aromatic carbocycles. The zero-order chi connectivity index (χ0) is 11.9. The predicted molar refractivity (Wildman–Crippen MR) is 79.8 cm³/mol. The highest BCUT2D eigenvalue weighted by atomic mass is 79.9. The fourth-order valence-corrected chi connectivity index (χ4v) is 4.03. The van der Waals surface area contributed by atoms with E-state index in [-0.39, 0.29) is 0 Å². The van der Waals surface area contributed by atoms with E-state index in [1.54, 1.807) is 0 Å². The van der Waals surface area contributed by atoms with Gasteiger partial charge in [0.2, 0.25) is 0 Å². The molecule has 0 aliphatic heterocycles. The van der Waals surface area contributed by atoms with E-state index < -0.39 is 0 Å². The summed E-state index contributed by atoms with van der Waals surface area (Å²) in [7, 11) is 0. The summed E-state index contributed by atoms with van der Waals surface area (Å²) in [5, 5.41) is 3.74. The van der Waals surface area contributed by atoms with Gasteiger partial charge in [-0.15, -0.1) is 11.3 Å². The summed E-state index contributed by atoms with van der Waals surface area (Å²) in [6, 6.07) is 5.16. The first-order valence-electron chi connectivity index (χ1n) is 6.82. The molecular formula is C14H22BrNS. The summed E-state index contributed by atoms with van der Waals surface area (Å²) >= 11 is 5.38. The number of hydrogen-bond acceptors (Lipinski definition) is 2. The van der Waals surface area contributed by atoms with E-state index in [2.05, 4.69) is 33.4 Å². The van der Waals surface area contributed by atoms with Gasteiger partial charge in [-0.3, -0.25) is 0 Å². The minimum Gasteiger partial charge on any atom is -0.314 e. The highest BCUT2D eigenvalue weighted by Gasteiger charge is 2.10. The smallest absolute Gasteiger partial charge is 0.0701 e. The largest absolute Gasteiger partial charge is 0.314 e. The molecule has 1 nitrogen and oxygen atoms in total. The number of nitrogens with one attached hydrogen (secondary N) is 1. The topological polar surface area (TPSA) is 12.0 Å². The van der Waals surface area contributed by atoms with Gasteiger partial charge in [0.15, 0.2) is 0 Å². The third-order valence-electron chi connectivity index (χ3n) is 3.54. The summed E-state index contributed by atoms with van der Waals surface area (Å²) in [5.74, 6) is 0. The normalized spacial score (nSPS) is 18.9. The second-order valence-electron chi connectivity index (χ2n) is 4.95. The van der Waals surface area contributed by atoms with Gasteiger partial charge < -0.3 is 5.32 Å². The van der Waals surface area contributed by atoms with Gasteiger partial charge in [0.25, 0.3) is 0 Å². The van der Waals surface area contributed by atoms with E-state index in [1.165, 1.54) is 60.0 Å². The SMILES string of the molecule is Brc1ccc(CCNC2CCCCCCC2)s1. The molecule has 1 saturated carbocycles. The fourth-order valence-electron chi connectivity index (χ4n) is 2.55. The van der Waals surface area contributed by atoms with E-state index >= 15 is 0 Å². The quantitative estimate of drug-likeness (QED) is 0.845. The molecule has 0 amide bonds. The van der Waals surface area contributed by atoms with Gasteiger partial charge in [-0.1, -0.05) is 32.1 Å². The second-order valence-corrected chi connectivity index (χ2v) is 7.50. The van der Waals surface area contributed by atoms with Crippen molar-refractivity contribution >= 4 is 27.3 Å². The van der Waals surface area contributed by atoms with Crippen molar-refractivity contribution in [3.8, 4) is 0 Å². The summed E-state index contributed by atoms with van der Waals surface area (Å²) in [5.41, 5.74) is 0. The first-order valence-corrected chi connectivity index (χ1v) is 8.43. The molecule has 2 rings (SSSR count). The lowest BCUT2D eigenvalue weighted by atomic mass is 9.97. The highest BCUT2D eigenvalue weighted by Crippen LogP contribution is 2.22. The van der Waals surface area contributed by atoms with Crippen LogP contribution in [0.25, 0.3) is 0 Å². The maximum atomic E-state index is 3.74. The van der Waals surface area contributed by atoms with Crippen molar-refractivity contribution in [1.82, 2.24) is 5.32 Å². The van der Waals surface area contributed by atoms with Crippen molar-refractivity contribution in [3.05, 3.63) is 20.8 Å². The first kappa shape index (κ1) is 13.6. The molecule has 96 valence electrons. The van der Waals surface area contributed by atoms with Crippen molar-refractivity contribution in [2.45, 2.75) is 57.4 Å². The minimum atomic E-state index is 0.777. The molecule has 1 fully saturated rings. The number of rotatable bonds is 4. The monoisotopic (exact) mass is 315 g/mol. The molecule has 3 heteroatoms. The van der Waals surface area contributed by atoms with Crippen molar-refractivity contribution in [2.24, 2.45) is 0 Å². The fraction of sp³-hybridized carbons (Fsp3) is 0.714. The third kappa shape index (κ3) is 5.11. The Hall–Kier alpha value is 0.140. The third-order valence-corrected chi connectivity index (χ3v) is 5.22. The maximum Gasteiger partial charge on any atom is 0.0701 e. The highest BCUT2D eigenvalue weighted by molar-refractivity contribution is 9.11. The molecule has 1 aromatic heterocycles. The Balaban J connectivity index is 1.66. The Kier molecular flexibility index (Phi) is 6.02.